The Bertz CT molecular complexity index is 1370. The molecular weight excluding hydrogens is 476 g/mol. The van der Waals surface area contributed by atoms with Gasteiger partial charge in [-0.1, -0.05) is 84.9 Å². The number of carbonyl (C=O) groups is 2. The number of hydrogen-bond donors (Lipinski definition) is 1. The van der Waals surface area contributed by atoms with Gasteiger partial charge in [-0.3, -0.25) is 9.59 Å². The Kier molecular flexibility index (Phi) is 9.38. The van der Waals surface area contributed by atoms with E-state index in [1.807, 2.05) is 60.7 Å². The van der Waals surface area contributed by atoms with E-state index in [9.17, 15) is 14.7 Å². The number of ether oxygens (including phenoxy) is 2. The average Bonchev–Trinajstić information content (AvgIpc) is 2.98. The van der Waals surface area contributed by atoms with Crippen molar-refractivity contribution in [2.45, 2.75) is 6.10 Å². The summed E-state index contributed by atoms with van der Waals surface area (Å²) in [5.74, 6) is 0.990. The Balaban J connectivity index is 1.19. The Morgan fingerprint density at radius 3 is 1.53 bits per heavy atom. The summed E-state index contributed by atoms with van der Waals surface area (Å²) >= 11 is 0. The van der Waals surface area contributed by atoms with Crippen molar-refractivity contribution in [1.82, 2.24) is 0 Å². The maximum absolute atomic E-state index is 12.4. The lowest BCUT2D eigenvalue weighted by atomic mass is 10.1. The monoisotopic (exact) mass is 504 g/mol. The first-order valence-corrected chi connectivity index (χ1v) is 12.3. The summed E-state index contributed by atoms with van der Waals surface area (Å²) < 4.78 is 11.3. The zero-order valence-corrected chi connectivity index (χ0v) is 20.8. The molecule has 0 aliphatic carbocycles. The molecule has 4 aromatic carbocycles. The first-order chi connectivity index (χ1) is 18.6. The van der Waals surface area contributed by atoms with Crippen LogP contribution in [0.1, 0.15) is 31.8 Å². The van der Waals surface area contributed by atoms with E-state index in [0.717, 1.165) is 11.1 Å². The van der Waals surface area contributed by atoms with Gasteiger partial charge in [-0.05, 0) is 59.7 Å². The quantitative estimate of drug-likeness (QED) is 0.181. The van der Waals surface area contributed by atoms with Crippen LogP contribution < -0.4 is 9.47 Å². The fourth-order valence-corrected chi connectivity index (χ4v) is 3.53. The molecule has 38 heavy (non-hydrogen) atoms. The average molecular weight is 505 g/mol. The minimum Gasteiger partial charge on any atom is -0.491 e. The molecule has 0 aliphatic rings. The second-order valence-electron chi connectivity index (χ2n) is 8.54. The lowest BCUT2D eigenvalue weighted by molar-refractivity contribution is 0.0626. The summed E-state index contributed by atoms with van der Waals surface area (Å²) in [5.41, 5.74) is 3.01. The molecule has 0 spiro atoms. The summed E-state index contributed by atoms with van der Waals surface area (Å²) in [6.45, 7) is 0.103. The van der Waals surface area contributed by atoms with Gasteiger partial charge in [-0.2, -0.15) is 0 Å². The van der Waals surface area contributed by atoms with E-state index in [-0.39, 0.29) is 24.8 Å². The topological polar surface area (TPSA) is 72.8 Å². The molecular formula is C33H28O5. The molecule has 5 nitrogen and oxygen atoms in total. The SMILES string of the molecule is O=C(/C=C\c1ccccc1)c1ccc(OC[C@@H](O)COc2ccc(/C=C/C(=O)c3ccccc3)cc2)cc1. The molecule has 1 atom stereocenters. The van der Waals surface area contributed by atoms with Crippen LogP contribution in [-0.2, 0) is 0 Å². The predicted octanol–water partition coefficient (Wildman–Crippen LogP) is 6.30. The number of benzene rings is 4. The smallest absolute Gasteiger partial charge is 0.185 e. The Labute approximate surface area is 222 Å². The largest absolute Gasteiger partial charge is 0.491 e. The first-order valence-electron chi connectivity index (χ1n) is 12.3. The number of rotatable bonds is 12. The molecule has 0 saturated heterocycles. The van der Waals surface area contributed by atoms with E-state index in [2.05, 4.69) is 0 Å². The summed E-state index contributed by atoms with van der Waals surface area (Å²) in [6, 6.07) is 32.7. The van der Waals surface area contributed by atoms with E-state index in [1.54, 1.807) is 66.8 Å². The highest BCUT2D eigenvalue weighted by molar-refractivity contribution is 6.07. The lowest BCUT2D eigenvalue weighted by Crippen LogP contribution is -2.25. The van der Waals surface area contributed by atoms with Gasteiger partial charge in [-0.25, -0.2) is 0 Å². The second-order valence-corrected chi connectivity index (χ2v) is 8.54. The van der Waals surface area contributed by atoms with Crippen molar-refractivity contribution in [3.8, 4) is 11.5 Å². The van der Waals surface area contributed by atoms with Crippen LogP contribution in [-0.4, -0.2) is 36.0 Å². The molecule has 0 unspecified atom stereocenters. The van der Waals surface area contributed by atoms with Gasteiger partial charge in [0.1, 0.15) is 30.8 Å². The van der Waals surface area contributed by atoms with E-state index in [1.165, 1.54) is 6.08 Å². The van der Waals surface area contributed by atoms with Gasteiger partial charge >= 0.3 is 0 Å². The third kappa shape index (κ3) is 8.15. The van der Waals surface area contributed by atoms with Crippen molar-refractivity contribution in [3.63, 3.8) is 0 Å². The van der Waals surface area contributed by atoms with Crippen LogP contribution in [0.4, 0.5) is 0 Å². The molecule has 0 amide bonds. The summed E-state index contributed by atoms with van der Waals surface area (Å²) in [6.07, 6.45) is 5.77. The standard InChI is InChI=1S/C33H28O5/c34-29(23-37-30-17-11-26(12-18-30)14-22-32(35)27-9-5-2-6-10-27)24-38-31-19-15-28(16-20-31)33(36)21-13-25-7-3-1-4-8-25/h1-22,29,34H,23-24H2/b21-13-,22-14+/t29-/m0/s1. The van der Waals surface area contributed by atoms with Crippen LogP contribution in [0.2, 0.25) is 0 Å². The molecule has 5 heteroatoms. The normalized spacial score (nSPS) is 11.9. The first kappa shape index (κ1) is 26.3. The number of allylic oxidation sites excluding steroid dienone is 2. The number of carbonyl (C=O) groups excluding carboxylic acids is 2. The van der Waals surface area contributed by atoms with Gasteiger partial charge in [0.05, 0.1) is 0 Å². The number of aliphatic hydroxyl groups excluding tert-OH is 1. The van der Waals surface area contributed by atoms with Crippen LogP contribution in [0.15, 0.2) is 121 Å². The molecule has 0 radical (unpaired) electrons. The highest BCUT2D eigenvalue weighted by Gasteiger charge is 2.08. The number of ketones is 2. The maximum atomic E-state index is 12.4. The highest BCUT2D eigenvalue weighted by Crippen LogP contribution is 2.16. The molecule has 0 heterocycles. The van der Waals surface area contributed by atoms with Crippen molar-refractivity contribution < 1.29 is 24.2 Å². The molecule has 1 N–H and O–H groups in total. The van der Waals surface area contributed by atoms with E-state index in [4.69, 9.17) is 9.47 Å². The minimum atomic E-state index is -0.840. The van der Waals surface area contributed by atoms with Crippen LogP contribution in [0.3, 0.4) is 0 Å². The Morgan fingerprint density at radius 1 is 0.579 bits per heavy atom. The van der Waals surface area contributed by atoms with E-state index in [0.29, 0.717) is 22.6 Å². The second kappa shape index (κ2) is 13.5. The molecule has 190 valence electrons. The van der Waals surface area contributed by atoms with Crippen LogP contribution >= 0.6 is 0 Å². The van der Waals surface area contributed by atoms with Crippen LogP contribution in [0.25, 0.3) is 12.2 Å². The molecule has 4 rings (SSSR count). The lowest BCUT2D eigenvalue weighted by Gasteiger charge is -2.14. The zero-order chi connectivity index (χ0) is 26.6. The molecule has 0 saturated carbocycles. The van der Waals surface area contributed by atoms with Gasteiger partial charge in [-0.15, -0.1) is 0 Å². The van der Waals surface area contributed by atoms with E-state index >= 15 is 0 Å². The Hall–Kier alpha value is -4.74. The fraction of sp³-hybridized carbons (Fsp3) is 0.0909. The van der Waals surface area contributed by atoms with Crippen molar-refractivity contribution >= 4 is 23.7 Å². The van der Waals surface area contributed by atoms with Crippen molar-refractivity contribution in [2.75, 3.05) is 13.2 Å². The van der Waals surface area contributed by atoms with Gasteiger partial charge in [0.15, 0.2) is 11.6 Å². The maximum Gasteiger partial charge on any atom is 0.185 e. The minimum absolute atomic E-state index is 0.0453. The van der Waals surface area contributed by atoms with E-state index < -0.39 is 6.10 Å². The fourth-order valence-electron chi connectivity index (χ4n) is 3.53. The number of aliphatic hydroxyl groups is 1. The van der Waals surface area contributed by atoms with Gasteiger partial charge < -0.3 is 14.6 Å². The summed E-state index contributed by atoms with van der Waals surface area (Å²) in [4.78, 5) is 24.5. The van der Waals surface area contributed by atoms with Crippen LogP contribution in [0.5, 0.6) is 11.5 Å². The Morgan fingerprint density at radius 2 is 1.00 bits per heavy atom. The molecule has 0 aromatic heterocycles. The number of hydrogen-bond acceptors (Lipinski definition) is 5. The zero-order valence-electron chi connectivity index (χ0n) is 20.8. The summed E-state index contributed by atoms with van der Waals surface area (Å²) in [5, 5.41) is 10.2. The predicted molar refractivity (Wildman–Crippen MR) is 149 cm³/mol. The highest BCUT2D eigenvalue weighted by atomic mass is 16.5. The molecule has 0 bridgehead atoms. The van der Waals surface area contributed by atoms with Crippen molar-refractivity contribution in [2.24, 2.45) is 0 Å². The summed E-state index contributed by atoms with van der Waals surface area (Å²) in [7, 11) is 0. The third-order valence-corrected chi connectivity index (χ3v) is 5.62. The third-order valence-electron chi connectivity index (χ3n) is 5.62. The molecule has 0 aliphatic heterocycles. The van der Waals surface area contributed by atoms with Crippen molar-refractivity contribution in [3.05, 3.63) is 144 Å². The van der Waals surface area contributed by atoms with Gasteiger partial charge in [0.25, 0.3) is 0 Å². The van der Waals surface area contributed by atoms with Crippen molar-refractivity contribution in [1.29, 1.82) is 0 Å². The van der Waals surface area contributed by atoms with Gasteiger partial charge in [0.2, 0.25) is 0 Å². The molecule has 0 fully saturated rings. The van der Waals surface area contributed by atoms with Gasteiger partial charge in [0, 0.05) is 11.1 Å². The molecule has 4 aromatic rings. The van der Waals surface area contributed by atoms with Crippen LogP contribution in [0, 0.1) is 0 Å².